The first-order chi connectivity index (χ1) is 12.9. The number of carbonyl (C=O) groups is 2. The topological polar surface area (TPSA) is 58.2 Å². The molecule has 0 fully saturated rings. The molecule has 144 valence electrons. The molecule has 0 spiro atoms. The maximum absolute atomic E-state index is 12.4. The highest BCUT2D eigenvalue weighted by molar-refractivity contribution is 8.00. The van der Waals surface area contributed by atoms with Crippen molar-refractivity contribution < 1.29 is 9.59 Å². The van der Waals surface area contributed by atoms with Gasteiger partial charge in [-0.25, -0.2) is 0 Å². The summed E-state index contributed by atoms with van der Waals surface area (Å²) in [6.07, 6.45) is 2.36. The van der Waals surface area contributed by atoms with Crippen LogP contribution in [-0.4, -0.2) is 17.1 Å². The average molecular weight is 425 g/mol. The summed E-state index contributed by atoms with van der Waals surface area (Å²) in [5.41, 5.74) is 1.33. The molecule has 1 atom stereocenters. The third-order valence-corrected chi connectivity index (χ3v) is 5.58. The van der Waals surface area contributed by atoms with Gasteiger partial charge < -0.3 is 10.6 Å². The summed E-state index contributed by atoms with van der Waals surface area (Å²) < 4.78 is 0. The van der Waals surface area contributed by atoms with Crippen LogP contribution >= 0.6 is 35.0 Å². The van der Waals surface area contributed by atoms with Crippen LogP contribution < -0.4 is 10.6 Å². The Labute approximate surface area is 174 Å². The minimum atomic E-state index is -0.328. The van der Waals surface area contributed by atoms with E-state index < -0.39 is 0 Å². The Kier molecular flexibility index (Phi) is 8.48. The minimum absolute atomic E-state index is 0.00408. The van der Waals surface area contributed by atoms with Gasteiger partial charge in [0.25, 0.3) is 0 Å². The molecule has 2 aromatic rings. The number of unbranched alkanes of at least 4 members (excludes halogenated alkanes) is 1. The predicted molar refractivity (Wildman–Crippen MR) is 115 cm³/mol. The lowest BCUT2D eigenvalue weighted by atomic mass is 10.2. The van der Waals surface area contributed by atoms with E-state index in [-0.39, 0.29) is 17.1 Å². The van der Waals surface area contributed by atoms with Crippen LogP contribution in [0.25, 0.3) is 0 Å². The Hall–Kier alpha value is -1.69. The van der Waals surface area contributed by atoms with E-state index in [0.717, 1.165) is 23.4 Å². The summed E-state index contributed by atoms with van der Waals surface area (Å²) in [5.74, 6) is -0.139. The lowest BCUT2D eigenvalue weighted by Gasteiger charge is -2.13. The number of nitrogens with one attached hydrogen (secondary N) is 2. The zero-order valence-corrected chi connectivity index (χ0v) is 17.5. The summed E-state index contributed by atoms with van der Waals surface area (Å²) in [4.78, 5) is 25.2. The van der Waals surface area contributed by atoms with Gasteiger partial charge in [0.2, 0.25) is 11.8 Å². The van der Waals surface area contributed by atoms with Crippen molar-refractivity contribution in [2.24, 2.45) is 0 Å². The van der Waals surface area contributed by atoms with Gasteiger partial charge in [0.05, 0.1) is 15.3 Å². The van der Waals surface area contributed by atoms with Gasteiger partial charge in [-0.1, -0.05) is 42.6 Å². The van der Waals surface area contributed by atoms with Crippen molar-refractivity contribution in [2.75, 3.05) is 10.6 Å². The van der Waals surface area contributed by atoms with Crippen LogP contribution in [-0.2, 0) is 9.59 Å². The molecule has 0 aliphatic rings. The zero-order chi connectivity index (χ0) is 19.8. The van der Waals surface area contributed by atoms with Gasteiger partial charge in [-0.05, 0) is 49.7 Å². The number of hydrogen-bond donors (Lipinski definition) is 2. The summed E-state index contributed by atoms with van der Waals surface area (Å²) in [7, 11) is 0. The molecule has 7 heteroatoms. The summed E-state index contributed by atoms with van der Waals surface area (Å²) in [6, 6.07) is 12.5. The Balaban J connectivity index is 1.95. The fourth-order valence-electron chi connectivity index (χ4n) is 2.28. The summed E-state index contributed by atoms with van der Waals surface area (Å²) in [6.45, 7) is 3.87. The first-order valence-electron chi connectivity index (χ1n) is 8.71. The number of carbonyl (C=O) groups excluding carboxylic acids is 2. The molecule has 0 aliphatic heterocycles. The highest BCUT2D eigenvalue weighted by Crippen LogP contribution is 2.28. The van der Waals surface area contributed by atoms with Gasteiger partial charge in [0.1, 0.15) is 0 Å². The third-order valence-electron chi connectivity index (χ3n) is 3.74. The number of amides is 2. The van der Waals surface area contributed by atoms with Crippen molar-refractivity contribution >= 4 is 58.2 Å². The Morgan fingerprint density at radius 3 is 2.48 bits per heavy atom. The monoisotopic (exact) mass is 424 g/mol. The van der Waals surface area contributed by atoms with Crippen molar-refractivity contribution in [1.29, 1.82) is 0 Å². The standard InChI is InChI=1S/C20H22Cl2N2O2S/c1-3-4-8-19(25)23-14-6-5-7-16(11-14)27-13(2)20(26)24-15-9-10-17(21)18(22)12-15/h5-7,9-13H,3-4,8H2,1-2H3,(H,23,25)(H,24,26). The van der Waals surface area contributed by atoms with Gasteiger partial charge >= 0.3 is 0 Å². The average Bonchev–Trinajstić information content (AvgIpc) is 2.63. The quantitative estimate of drug-likeness (QED) is 0.492. The fourth-order valence-corrected chi connectivity index (χ4v) is 3.51. The maximum atomic E-state index is 12.4. The van der Waals surface area contributed by atoms with Gasteiger partial charge in [-0.3, -0.25) is 9.59 Å². The lowest BCUT2D eigenvalue weighted by molar-refractivity contribution is -0.116. The lowest BCUT2D eigenvalue weighted by Crippen LogP contribution is -2.22. The van der Waals surface area contributed by atoms with Crippen LogP contribution in [0, 0.1) is 0 Å². The molecule has 0 saturated heterocycles. The normalized spacial score (nSPS) is 11.7. The molecule has 0 aliphatic carbocycles. The molecule has 2 N–H and O–H groups in total. The number of rotatable bonds is 8. The molecule has 1 unspecified atom stereocenters. The molecule has 4 nitrogen and oxygen atoms in total. The largest absolute Gasteiger partial charge is 0.326 e. The van der Waals surface area contributed by atoms with E-state index in [2.05, 4.69) is 17.6 Å². The second-order valence-electron chi connectivity index (χ2n) is 6.06. The van der Waals surface area contributed by atoms with E-state index in [9.17, 15) is 9.59 Å². The molecule has 0 aromatic heterocycles. The van der Waals surface area contributed by atoms with E-state index in [4.69, 9.17) is 23.2 Å². The molecular formula is C20H22Cl2N2O2S. The van der Waals surface area contributed by atoms with Crippen LogP contribution in [0.15, 0.2) is 47.4 Å². The molecule has 0 bridgehead atoms. The first-order valence-corrected chi connectivity index (χ1v) is 10.3. The summed E-state index contributed by atoms with van der Waals surface area (Å²) >= 11 is 13.3. The number of anilines is 2. The van der Waals surface area contributed by atoms with Gasteiger partial charge in [-0.15, -0.1) is 11.8 Å². The molecule has 2 rings (SSSR count). The van der Waals surface area contributed by atoms with Crippen LogP contribution in [0.2, 0.25) is 10.0 Å². The maximum Gasteiger partial charge on any atom is 0.237 e. The van der Waals surface area contributed by atoms with E-state index in [0.29, 0.717) is 22.2 Å². The van der Waals surface area contributed by atoms with Gasteiger partial charge in [0, 0.05) is 22.7 Å². The zero-order valence-electron chi connectivity index (χ0n) is 15.2. The number of thioether (sulfide) groups is 1. The van der Waals surface area contributed by atoms with Gasteiger partial charge in [-0.2, -0.15) is 0 Å². The Morgan fingerprint density at radius 2 is 1.78 bits per heavy atom. The molecule has 0 heterocycles. The number of halogens is 2. The molecule has 0 radical (unpaired) electrons. The van der Waals surface area contributed by atoms with Crippen LogP contribution in [0.3, 0.4) is 0 Å². The molecule has 2 amide bonds. The summed E-state index contributed by atoms with van der Waals surface area (Å²) in [5, 5.41) is 6.22. The van der Waals surface area contributed by atoms with Crippen molar-refractivity contribution in [2.45, 2.75) is 43.3 Å². The first kappa shape index (κ1) is 21.6. The fraction of sp³-hybridized carbons (Fsp3) is 0.300. The van der Waals surface area contributed by atoms with Crippen LogP contribution in [0.1, 0.15) is 33.1 Å². The van der Waals surface area contributed by atoms with E-state index in [1.54, 1.807) is 18.2 Å². The highest BCUT2D eigenvalue weighted by atomic mass is 35.5. The minimum Gasteiger partial charge on any atom is -0.326 e. The Morgan fingerprint density at radius 1 is 1.04 bits per heavy atom. The van der Waals surface area contributed by atoms with Crippen molar-refractivity contribution in [1.82, 2.24) is 0 Å². The predicted octanol–water partition coefficient (Wildman–Crippen LogP) is 6.24. The molecular weight excluding hydrogens is 403 g/mol. The molecule has 27 heavy (non-hydrogen) atoms. The second kappa shape index (κ2) is 10.6. The Bertz CT molecular complexity index is 814. The second-order valence-corrected chi connectivity index (χ2v) is 8.29. The van der Waals surface area contributed by atoms with E-state index in [1.165, 1.54) is 11.8 Å². The van der Waals surface area contributed by atoms with E-state index >= 15 is 0 Å². The highest BCUT2D eigenvalue weighted by Gasteiger charge is 2.15. The number of hydrogen-bond acceptors (Lipinski definition) is 3. The van der Waals surface area contributed by atoms with Crippen molar-refractivity contribution in [3.8, 4) is 0 Å². The van der Waals surface area contributed by atoms with Crippen LogP contribution in [0.4, 0.5) is 11.4 Å². The van der Waals surface area contributed by atoms with Crippen molar-refractivity contribution in [3.63, 3.8) is 0 Å². The van der Waals surface area contributed by atoms with E-state index in [1.807, 2.05) is 31.2 Å². The SMILES string of the molecule is CCCCC(=O)Nc1cccc(SC(C)C(=O)Nc2ccc(Cl)c(Cl)c2)c1. The number of benzene rings is 2. The third kappa shape index (κ3) is 7.09. The van der Waals surface area contributed by atoms with Crippen LogP contribution in [0.5, 0.6) is 0 Å². The van der Waals surface area contributed by atoms with Crippen molar-refractivity contribution in [3.05, 3.63) is 52.5 Å². The smallest absolute Gasteiger partial charge is 0.237 e. The molecule has 2 aromatic carbocycles. The molecule has 0 saturated carbocycles. The van der Waals surface area contributed by atoms with Gasteiger partial charge in [0.15, 0.2) is 0 Å².